The molecule has 4 fully saturated rings. The van der Waals surface area contributed by atoms with Gasteiger partial charge in [-0.05, 0) is 98.9 Å². The molecule has 0 aliphatic heterocycles. The van der Waals surface area contributed by atoms with Gasteiger partial charge in [-0.1, -0.05) is 32.4 Å². The van der Waals surface area contributed by atoms with Gasteiger partial charge in [-0.15, -0.1) is 0 Å². The van der Waals surface area contributed by atoms with E-state index in [0.29, 0.717) is 43.5 Å². The van der Waals surface area contributed by atoms with E-state index >= 15 is 0 Å². The second-order valence-electron chi connectivity index (χ2n) is 12.8. The molecule has 0 spiro atoms. The number of allylic oxidation sites excluding steroid dienone is 2. The number of hydrogen-bond donors (Lipinski definition) is 2. The maximum Gasteiger partial charge on any atom is 0.331 e. The summed E-state index contributed by atoms with van der Waals surface area (Å²) in [5.41, 5.74) is 1.81. The third-order valence-corrected chi connectivity index (χ3v) is 10.6. The van der Waals surface area contributed by atoms with Crippen LogP contribution in [0, 0.1) is 40.4 Å². The molecule has 0 bridgehead atoms. The van der Waals surface area contributed by atoms with Crippen LogP contribution in [0.5, 0.6) is 0 Å². The van der Waals surface area contributed by atoms with Gasteiger partial charge in [0.05, 0.1) is 6.10 Å². The molecule has 9 atom stereocenters. The topological polar surface area (TPSA) is 101 Å². The van der Waals surface area contributed by atoms with E-state index in [4.69, 9.17) is 4.74 Å². The van der Waals surface area contributed by atoms with Crippen molar-refractivity contribution in [2.75, 3.05) is 0 Å². The number of aliphatic carboxylic acids is 1. The monoisotopic (exact) mass is 500 g/mol. The Morgan fingerprint density at radius 3 is 2.39 bits per heavy atom. The van der Waals surface area contributed by atoms with Crippen LogP contribution in [0.15, 0.2) is 22.8 Å². The number of aliphatic hydroxyl groups is 1. The van der Waals surface area contributed by atoms with Gasteiger partial charge in [0.15, 0.2) is 0 Å². The first-order valence-electron chi connectivity index (χ1n) is 13.8. The Morgan fingerprint density at radius 2 is 1.78 bits per heavy atom. The third-order valence-electron chi connectivity index (χ3n) is 10.6. The van der Waals surface area contributed by atoms with Crippen molar-refractivity contribution in [1.82, 2.24) is 0 Å². The van der Waals surface area contributed by atoms with Crippen molar-refractivity contribution in [2.24, 2.45) is 40.4 Å². The molecule has 4 aliphatic carbocycles. The van der Waals surface area contributed by atoms with Crippen LogP contribution in [-0.4, -0.2) is 40.1 Å². The Morgan fingerprint density at radius 1 is 1.11 bits per heavy atom. The number of carboxylic acid groups (broad SMARTS) is 1. The lowest BCUT2D eigenvalue weighted by molar-refractivity contribution is -0.180. The first-order valence-corrected chi connectivity index (χ1v) is 13.8. The minimum absolute atomic E-state index is 0.0175. The van der Waals surface area contributed by atoms with Crippen molar-refractivity contribution in [3.63, 3.8) is 0 Å². The molecule has 4 unspecified atom stereocenters. The van der Waals surface area contributed by atoms with Gasteiger partial charge in [0.25, 0.3) is 0 Å². The predicted octanol–water partition coefficient (Wildman–Crippen LogP) is 5.48. The maximum absolute atomic E-state index is 12.6. The SMILES string of the molecule is CC(=O)O[C@H]1CC2(C)C(C[C@@H](O)C3[C@@H]2CC[C@H]2[C@H](C)C(=O)CCC32C)/C1=C(\CCC=C(C)C)C(=O)O. The van der Waals surface area contributed by atoms with Crippen LogP contribution in [0.3, 0.4) is 0 Å². The molecule has 0 aromatic heterocycles. The zero-order valence-corrected chi connectivity index (χ0v) is 22.8. The second-order valence-corrected chi connectivity index (χ2v) is 12.8. The second kappa shape index (κ2) is 9.74. The highest BCUT2D eigenvalue weighted by atomic mass is 16.5. The van der Waals surface area contributed by atoms with Crippen molar-refractivity contribution in [1.29, 1.82) is 0 Å². The summed E-state index contributed by atoms with van der Waals surface area (Å²) in [5.74, 6) is -0.618. The summed E-state index contributed by atoms with van der Waals surface area (Å²) in [6.07, 6.45) is 6.20. The van der Waals surface area contributed by atoms with Crippen molar-refractivity contribution in [2.45, 2.75) is 105 Å². The lowest BCUT2D eigenvalue weighted by Gasteiger charge is -2.63. The van der Waals surface area contributed by atoms with Crippen LogP contribution in [0.1, 0.15) is 92.9 Å². The number of ether oxygens (including phenoxy) is 1. The van der Waals surface area contributed by atoms with Gasteiger partial charge >= 0.3 is 11.9 Å². The minimum Gasteiger partial charge on any atom is -0.478 e. The number of carboxylic acids is 1. The molecule has 6 heteroatoms. The standard InChI is InChI=1S/C30H44O6/c1-16(2)8-7-9-19(28(34)35)26-22-14-24(33)27-21(30(22,6)15-25(26)36-18(4)31)11-10-20-17(3)23(32)12-13-29(20,27)5/h8,17,20-22,24-25,27,33H,7,9-15H2,1-6H3,(H,34,35)/b26-19-/t17-,20-,21-,22?,24+,25-,27?,29?,30?/m0/s1. The summed E-state index contributed by atoms with van der Waals surface area (Å²) in [6, 6.07) is 0. The Hall–Kier alpha value is -1.95. The highest BCUT2D eigenvalue weighted by Gasteiger charge is 2.66. The summed E-state index contributed by atoms with van der Waals surface area (Å²) in [7, 11) is 0. The minimum atomic E-state index is -0.958. The highest BCUT2D eigenvalue weighted by molar-refractivity contribution is 5.88. The molecule has 4 saturated carbocycles. The lowest BCUT2D eigenvalue weighted by Crippen LogP contribution is -2.60. The molecular weight excluding hydrogens is 456 g/mol. The molecule has 36 heavy (non-hydrogen) atoms. The zero-order chi connectivity index (χ0) is 26.6. The number of Topliss-reactive ketones (excluding diaryl/α,β-unsaturated/α-hetero) is 1. The van der Waals surface area contributed by atoms with E-state index in [-0.39, 0.29) is 40.4 Å². The summed E-state index contributed by atoms with van der Waals surface area (Å²) in [5, 5.41) is 22.0. The van der Waals surface area contributed by atoms with E-state index in [9.17, 15) is 24.6 Å². The average molecular weight is 501 g/mol. The Labute approximate surface area is 215 Å². The van der Waals surface area contributed by atoms with Crippen molar-refractivity contribution >= 4 is 17.7 Å². The lowest BCUT2D eigenvalue weighted by atomic mass is 9.42. The summed E-state index contributed by atoms with van der Waals surface area (Å²) < 4.78 is 5.82. The largest absolute Gasteiger partial charge is 0.478 e. The fourth-order valence-corrected chi connectivity index (χ4v) is 9.06. The number of carbonyl (C=O) groups is 3. The third kappa shape index (κ3) is 4.37. The fraction of sp³-hybridized carbons (Fsp3) is 0.767. The van der Waals surface area contributed by atoms with Crippen molar-refractivity contribution < 1.29 is 29.3 Å². The van der Waals surface area contributed by atoms with Crippen LogP contribution < -0.4 is 0 Å². The van der Waals surface area contributed by atoms with Crippen LogP contribution >= 0.6 is 0 Å². The van der Waals surface area contributed by atoms with E-state index in [1.807, 2.05) is 19.9 Å². The molecular formula is C30H44O6. The number of carbonyl (C=O) groups excluding carboxylic acids is 2. The molecule has 0 aromatic carbocycles. The summed E-state index contributed by atoms with van der Waals surface area (Å²) >= 11 is 0. The molecule has 0 amide bonds. The van der Waals surface area contributed by atoms with Crippen LogP contribution in [0.25, 0.3) is 0 Å². The number of rotatable bonds is 5. The molecule has 0 saturated heterocycles. The van der Waals surface area contributed by atoms with Gasteiger partial charge < -0.3 is 14.9 Å². The molecule has 6 nitrogen and oxygen atoms in total. The molecule has 4 aliphatic rings. The van der Waals surface area contributed by atoms with E-state index in [2.05, 4.69) is 20.8 Å². The number of ketones is 1. The van der Waals surface area contributed by atoms with Gasteiger partial charge in [-0.3, -0.25) is 9.59 Å². The number of fused-ring (bicyclic) bond motifs is 5. The average Bonchev–Trinajstić information content (AvgIpc) is 3.04. The Balaban J connectivity index is 1.77. The Kier molecular flexibility index (Phi) is 7.33. The molecule has 0 heterocycles. The van der Waals surface area contributed by atoms with Crippen LogP contribution in [0.4, 0.5) is 0 Å². The van der Waals surface area contributed by atoms with E-state index in [1.165, 1.54) is 6.92 Å². The smallest absolute Gasteiger partial charge is 0.331 e. The van der Waals surface area contributed by atoms with Gasteiger partial charge in [-0.25, -0.2) is 4.79 Å². The highest BCUT2D eigenvalue weighted by Crippen LogP contribution is 2.69. The predicted molar refractivity (Wildman–Crippen MR) is 137 cm³/mol. The zero-order valence-electron chi connectivity index (χ0n) is 22.8. The van der Waals surface area contributed by atoms with E-state index < -0.39 is 24.1 Å². The molecule has 4 rings (SSSR count). The first-order chi connectivity index (χ1) is 16.8. The summed E-state index contributed by atoms with van der Waals surface area (Å²) in [6.45, 7) is 12.0. The van der Waals surface area contributed by atoms with E-state index in [1.54, 1.807) is 0 Å². The number of aliphatic hydroxyl groups excluding tert-OH is 1. The van der Waals surface area contributed by atoms with Crippen molar-refractivity contribution in [3.05, 3.63) is 22.8 Å². The molecule has 0 aromatic rings. The van der Waals surface area contributed by atoms with E-state index in [0.717, 1.165) is 30.4 Å². The molecule has 2 N–H and O–H groups in total. The van der Waals surface area contributed by atoms with Gasteiger partial charge in [-0.2, -0.15) is 0 Å². The maximum atomic E-state index is 12.6. The quantitative estimate of drug-likeness (QED) is 0.294. The van der Waals surface area contributed by atoms with Crippen LogP contribution in [-0.2, 0) is 19.1 Å². The van der Waals surface area contributed by atoms with Gasteiger partial charge in [0.2, 0.25) is 0 Å². The first kappa shape index (κ1) is 27.1. The van der Waals surface area contributed by atoms with Gasteiger partial charge in [0, 0.05) is 24.8 Å². The number of esters is 1. The van der Waals surface area contributed by atoms with Crippen molar-refractivity contribution in [3.8, 4) is 0 Å². The normalized spacial score (nSPS) is 43.1. The van der Waals surface area contributed by atoms with Crippen LogP contribution in [0.2, 0.25) is 0 Å². The molecule has 0 radical (unpaired) electrons. The number of hydrogen-bond acceptors (Lipinski definition) is 5. The summed E-state index contributed by atoms with van der Waals surface area (Å²) in [4.78, 5) is 37.2. The molecule has 200 valence electrons. The Bertz CT molecular complexity index is 989. The fourth-order valence-electron chi connectivity index (χ4n) is 9.06. The van der Waals surface area contributed by atoms with Gasteiger partial charge in [0.1, 0.15) is 11.9 Å².